The van der Waals surface area contributed by atoms with Crippen LogP contribution in [0.4, 0.5) is 0 Å². The number of hydrogen-bond donors (Lipinski definition) is 1. The van der Waals surface area contributed by atoms with Crippen LogP contribution in [-0.2, 0) is 29.1 Å². The van der Waals surface area contributed by atoms with Crippen molar-refractivity contribution in [3.63, 3.8) is 0 Å². The zero-order valence-electron chi connectivity index (χ0n) is 11.6. The third-order valence-corrected chi connectivity index (χ3v) is 3.39. The molecule has 8 heteroatoms. The van der Waals surface area contributed by atoms with E-state index in [1.54, 1.807) is 6.92 Å². The Morgan fingerprint density at radius 1 is 1.26 bits per heavy atom. The molecule has 0 aromatic rings. The van der Waals surface area contributed by atoms with Gasteiger partial charge in [0.25, 0.3) is 0 Å². The van der Waals surface area contributed by atoms with Crippen molar-refractivity contribution in [1.82, 2.24) is 4.72 Å². The topological polar surface area (TPSA) is 98.8 Å². The van der Waals surface area contributed by atoms with Gasteiger partial charge in [-0.3, -0.25) is 9.59 Å². The van der Waals surface area contributed by atoms with Crippen molar-refractivity contribution in [1.29, 1.82) is 0 Å². The predicted molar refractivity (Wildman–Crippen MR) is 68.8 cm³/mol. The second-order valence-corrected chi connectivity index (χ2v) is 6.14. The Hall–Kier alpha value is -1.15. The highest BCUT2D eigenvalue weighted by molar-refractivity contribution is 7.90. The largest absolute Gasteiger partial charge is 0.468 e. The quantitative estimate of drug-likeness (QED) is 0.636. The van der Waals surface area contributed by atoms with Gasteiger partial charge in [0.05, 0.1) is 13.7 Å². The van der Waals surface area contributed by atoms with Crippen LogP contribution >= 0.6 is 0 Å². The van der Waals surface area contributed by atoms with E-state index in [-0.39, 0.29) is 18.9 Å². The number of ether oxygens (including phenoxy) is 2. The van der Waals surface area contributed by atoms with Crippen molar-refractivity contribution in [2.24, 2.45) is 5.92 Å². The first-order valence-electron chi connectivity index (χ1n) is 5.95. The number of esters is 2. The van der Waals surface area contributed by atoms with E-state index in [1.165, 1.54) is 7.11 Å². The molecule has 7 nitrogen and oxygen atoms in total. The monoisotopic (exact) mass is 295 g/mol. The summed E-state index contributed by atoms with van der Waals surface area (Å²) in [4.78, 5) is 22.6. The summed E-state index contributed by atoms with van der Waals surface area (Å²) < 4.78 is 34.7. The molecule has 19 heavy (non-hydrogen) atoms. The van der Waals surface area contributed by atoms with Crippen LogP contribution in [0.3, 0.4) is 0 Å². The van der Waals surface area contributed by atoms with Crippen molar-refractivity contribution >= 4 is 22.0 Å². The van der Waals surface area contributed by atoms with Crippen LogP contribution < -0.4 is 4.72 Å². The number of methoxy groups -OCH3 is 1. The molecule has 0 radical (unpaired) electrons. The number of sulfonamides is 1. The lowest BCUT2D eigenvalue weighted by Crippen LogP contribution is -2.44. The lowest BCUT2D eigenvalue weighted by Gasteiger charge is -2.17. The normalized spacial score (nSPS) is 13.1. The van der Waals surface area contributed by atoms with Crippen LogP contribution in [0.5, 0.6) is 0 Å². The van der Waals surface area contributed by atoms with Crippen LogP contribution in [0.1, 0.15) is 27.2 Å². The van der Waals surface area contributed by atoms with Gasteiger partial charge in [0.2, 0.25) is 10.0 Å². The van der Waals surface area contributed by atoms with Crippen LogP contribution in [-0.4, -0.2) is 45.9 Å². The third kappa shape index (κ3) is 7.78. The van der Waals surface area contributed by atoms with Crippen LogP contribution in [0, 0.1) is 5.92 Å². The van der Waals surface area contributed by atoms with Gasteiger partial charge in [0.15, 0.2) is 5.75 Å². The SMILES string of the molecule is CCOC(=O)CS(=O)(=O)NC(CC(C)C)C(=O)OC. The van der Waals surface area contributed by atoms with Gasteiger partial charge < -0.3 is 9.47 Å². The second-order valence-electron chi connectivity index (χ2n) is 4.39. The number of nitrogens with one attached hydrogen (secondary N) is 1. The molecular formula is C11H21NO6S. The highest BCUT2D eigenvalue weighted by Crippen LogP contribution is 2.07. The van der Waals surface area contributed by atoms with Gasteiger partial charge in [-0.1, -0.05) is 13.8 Å². The molecule has 0 saturated carbocycles. The zero-order chi connectivity index (χ0) is 15.1. The van der Waals surface area contributed by atoms with Crippen LogP contribution in [0.2, 0.25) is 0 Å². The lowest BCUT2D eigenvalue weighted by atomic mass is 10.1. The Bertz CT molecular complexity index is 403. The number of carbonyl (C=O) groups excluding carboxylic acids is 2. The van der Waals surface area contributed by atoms with Gasteiger partial charge in [-0.15, -0.1) is 0 Å². The summed E-state index contributed by atoms with van der Waals surface area (Å²) in [6, 6.07) is -0.996. The van der Waals surface area contributed by atoms with Gasteiger partial charge in [-0.25, -0.2) is 13.1 Å². The van der Waals surface area contributed by atoms with Crippen molar-refractivity contribution < 1.29 is 27.5 Å². The fourth-order valence-corrected chi connectivity index (χ4v) is 2.53. The lowest BCUT2D eigenvalue weighted by molar-refractivity contribution is -0.143. The molecule has 0 aromatic carbocycles. The van der Waals surface area contributed by atoms with Crippen molar-refractivity contribution in [2.45, 2.75) is 33.2 Å². The molecule has 0 heterocycles. The standard InChI is InChI=1S/C11H21NO6S/c1-5-18-10(13)7-19(15,16)12-9(6-8(2)3)11(14)17-4/h8-9,12H,5-7H2,1-4H3. The average Bonchev–Trinajstić information content (AvgIpc) is 2.25. The number of carbonyl (C=O) groups is 2. The van der Waals surface area contributed by atoms with E-state index in [9.17, 15) is 18.0 Å². The maximum atomic E-state index is 11.7. The zero-order valence-corrected chi connectivity index (χ0v) is 12.5. The summed E-state index contributed by atoms with van der Waals surface area (Å²) in [6.07, 6.45) is 0.286. The highest BCUT2D eigenvalue weighted by atomic mass is 32.2. The summed E-state index contributed by atoms with van der Waals surface area (Å²) in [7, 11) is -2.75. The first kappa shape index (κ1) is 17.8. The van der Waals surface area contributed by atoms with E-state index >= 15 is 0 Å². The van der Waals surface area contributed by atoms with Crippen molar-refractivity contribution in [3.05, 3.63) is 0 Å². The molecule has 0 rings (SSSR count). The maximum Gasteiger partial charge on any atom is 0.323 e. The van der Waals surface area contributed by atoms with E-state index in [1.807, 2.05) is 13.8 Å². The van der Waals surface area contributed by atoms with Crippen molar-refractivity contribution in [2.75, 3.05) is 19.5 Å². The minimum atomic E-state index is -3.93. The molecule has 0 saturated heterocycles. The van der Waals surface area contributed by atoms with Gasteiger partial charge in [-0.05, 0) is 19.3 Å². The first-order valence-corrected chi connectivity index (χ1v) is 7.60. The Morgan fingerprint density at radius 2 is 1.84 bits per heavy atom. The number of hydrogen-bond acceptors (Lipinski definition) is 6. The fourth-order valence-electron chi connectivity index (χ4n) is 1.42. The Labute approximate surface area is 113 Å². The molecule has 1 unspecified atom stereocenters. The molecule has 0 bridgehead atoms. The molecule has 0 amide bonds. The van der Waals surface area contributed by atoms with Gasteiger partial charge >= 0.3 is 11.9 Å². The number of rotatable bonds is 8. The summed E-state index contributed by atoms with van der Waals surface area (Å²) >= 11 is 0. The average molecular weight is 295 g/mol. The smallest absolute Gasteiger partial charge is 0.323 e. The minimum Gasteiger partial charge on any atom is -0.468 e. The molecule has 1 atom stereocenters. The molecule has 0 aliphatic heterocycles. The van der Waals surface area contributed by atoms with Crippen LogP contribution in [0.15, 0.2) is 0 Å². The van der Waals surface area contributed by atoms with E-state index in [0.29, 0.717) is 0 Å². The molecule has 112 valence electrons. The van der Waals surface area contributed by atoms with E-state index < -0.39 is 33.8 Å². The van der Waals surface area contributed by atoms with Gasteiger partial charge in [0.1, 0.15) is 6.04 Å². The molecule has 0 spiro atoms. The summed E-state index contributed by atoms with van der Waals surface area (Å²) in [5.74, 6) is -2.26. The van der Waals surface area contributed by atoms with Gasteiger partial charge in [-0.2, -0.15) is 0 Å². The highest BCUT2D eigenvalue weighted by Gasteiger charge is 2.27. The molecule has 0 aliphatic carbocycles. The molecule has 0 aliphatic rings. The molecule has 0 aromatic heterocycles. The minimum absolute atomic E-state index is 0.0920. The Kier molecular flexibility index (Phi) is 7.62. The van der Waals surface area contributed by atoms with Gasteiger partial charge in [0, 0.05) is 0 Å². The van der Waals surface area contributed by atoms with Crippen molar-refractivity contribution in [3.8, 4) is 0 Å². The maximum absolute atomic E-state index is 11.7. The fraction of sp³-hybridized carbons (Fsp3) is 0.818. The van der Waals surface area contributed by atoms with E-state index in [4.69, 9.17) is 0 Å². The summed E-state index contributed by atoms with van der Waals surface area (Å²) in [5.41, 5.74) is 0. The second kappa shape index (κ2) is 8.11. The predicted octanol–water partition coefficient (Wildman–Crippen LogP) is 0.0566. The molecular weight excluding hydrogens is 274 g/mol. The molecule has 0 fully saturated rings. The van der Waals surface area contributed by atoms with E-state index in [0.717, 1.165) is 0 Å². The van der Waals surface area contributed by atoms with E-state index in [2.05, 4.69) is 14.2 Å². The van der Waals surface area contributed by atoms with Crippen LogP contribution in [0.25, 0.3) is 0 Å². The first-order chi connectivity index (χ1) is 8.71. The summed E-state index contributed by atoms with van der Waals surface area (Å²) in [6.45, 7) is 5.36. The molecule has 1 N–H and O–H groups in total. The third-order valence-electron chi connectivity index (χ3n) is 2.13. The summed E-state index contributed by atoms with van der Waals surface area (Å²) in [5, 5.41) is 0. The Balaban J connectivity index is 4.72. The Morgan fingerprint density at radius 3 is 2.26 bits per heavy atom.